The molecule has 1 N–H and O–H groups in total. The van der Waals surface area contributed by atoms with Gasteiger partial charge in [0.2, 0.25) is 0 Å². The van der Waals surface area contributed by atoms with Crippen LogP contribution in [0.3, 0.4) is 0 Å². The Hall–Kier alpha value is -1.84. The molecule has 4 nitrogen and oxygen atoms in total. The Balaban J connectivity index is 1.90. The van der Waals surface area contributed by atoms with Crippen LogP contribution in [0.1, 0.15) is 37.0 Å². The average Bonchev–Trinajstić information content (AvgIpc) is 2.86. The topological polar surface area (TPSA) is 55.4 Å². The van der Waals surface area contributed by atoms with Crippen molar-refractivity contribution in [3.63, 3.8) is 0 Å². The van der Waals surface area contributed by atoms with Gasteiger partial charge in [0.15, 0.2) is 6.10 Å². The lowest BCUT2D eigenvalue weighted by atomic mass is 10.0. The molecule has 0 saturated heterocycles. The smallest absolute Gasteiger partial charge is 0.311 e. The fourth-order valence-electron chi connectivity index (χ4n) is 2.51. The molecule has 1 aliphatic carbocycles. The largest absolute Gasteiger partial charge is 0.452 e. The minimum Gasteiger partial charge on any atom is -0.452 e. The zero-order valence-corrected chi connectivity index (χ0v) is 12.1. The summed E-state index contributed by atoms with van der Waals surface area (Å²) in [5.41, 5.74) is 3.68. The van der Waals surface area contributed by atoms with E-state index < -0.39 is 6.10 Å². The van der Waals surface area contributed by atoms with Gasteiger partial charge in [-0.15, -0.1) is 0 Å². The molecule has 1 aromatic carbocycles. The molecule has 0 unspecified atom stereocenters. The molecule has 0 fully saturated rings. The number of hydrogen-bond acceptors (Lipinski definition) is 3. The van der Waals surface area contributed by atoms with E-state index >= 15 is 0 Å². The molecule has 0 heterocycles. The number of fused-ring (bicyclic) bond motifs is 1. The minimum absolute atomic E-state index is 0.219. The molecule has 1 amide bonds. The number of amides is 1. The quantitative estimate of drug-likeness (QED) is 0.833. The molecule has 0 radical (unpaired) electrons. The lowest BCUT2D eigenvalue weighted by molar-refractivity contribution is -0.154. The molecule has 4 heteroatoms. The maximum Gasteiger partial charge on any atom is 0.311 e. The van der Waals surface area contributed by atoms with Crippen LogP contribution in [0.2, 0.25) is 0 Å². The third-order valence-electron chi connectivity index (χ3n) is 3.54. The van der Waals surface area contributed by atoms with Gasteiger partial charge < -0.3 is 10.1 Å². The summed E-state index contributed by atoms with van der Waals surface area (Å²) in [5, 5.41) is 2.63. The fraction of sp³-hybridized carbons (Fsp3) is 0.500. The summed E-state index contributed by atoms with van der Waals surface area (Å²) >= 11 is 0. The van der Waals surface area contributed by atoms with Gasteiger partial charge in [0.05, 0.1) is 6.42 Å². The molecule has 20 heavy (non-hydrogen) atoms. The van der Waals surface area contributed by atoms with Crippen molar-refractivity contribution in [3.05, 3.63) is 34.9 Å². The van der Waals surface area contributed by atoms with Crippen molar-refractivity contribution in [2.75, 3.05) is 6.54 Å². The van der Waals surface area contributed by atoms with Crippen LogP contribution in [0.4, 0.5) is 0 Å². The maximum atomic E-state index is 11.8. The molecule has 108 valence electrons. The SMILES string of the molecule is CCNC(=O)[C@H](C)OC(=O)Cc1ccc2c(c1)CCC2. The first-order valence-electron chi connectivity index (χ1n) is 7.18. The molecule has 0 aliphatic heterocycles. The van der Waals surface area contributed by atoms with E-state index in [9.17, 15) is 9.59 Å². The standard InChI is InChI=1S/C16H21NO3/c1-3-17-16(19)11(2)20-15(18)10-12-7-8-13-5-4-6-14(13)9-12/h7-9,11H,3-6,10H2,1-2H3,(H,17,19)/t11-/m0/s1. The monoisotopic (exact) mass is 275 g/mol. The number of rotatable bonds is 5. The van der Waals surface area contributed by atoms with E-state index in [0.717, 1.165) is 18.4 Å². The van der Waals surface area contributed by atoms with Crippen LogP contribution in [0, 0.1) is 0 Å². The lowest BCUT2D eigenvalue weighted by Crippen LogP contribution is -2.35. The number of hydrogen-bond donors (Lipinski definition) is 1. The molecule has 1 aromatic rings. The summed E-state index contributed by atoms with van der Waals surface area (Å²) in [7, 11) is 0. The third-order valence-corrected chi connectivity index (χ3v) is 3.54. The highest BCUT2D eigenvalue weighted by Crippen LogP contribution is 2.23. The number of carbonyl (C=O) groups is 2. The van der Waals surface area contributed by atoms with E-state index in [1.807, 2.05) is 13.0 Å². The first-order valence-corrected chi connectivity index (χ1v) is 7.18. The maximum absolute atomic E-state index is 11.8. The van der Waals surface area contributed by atoms with Gasteiger partial charge in [0.25, 0.3) is 5.91 Å². The Morgan fingerprint density at radius 1 is 1.30 bits per heavy atom. The van der Waals surface area contributed by atoms with Gasteiger partial charge in [-0.05, 0) is 49.8 Å². The highest BCUT2D eigenvalue weighted by atomic mass is 16.5. The van der Waals surface area contributed by atoms with Crippen molar-refractivity contribution in [3.8, 4) is 0 Å². The molecular weight excluding hydrogens is 254 g/mol. The highest BCUT2D eigenvalue weighted by molar-refractivity contribution is 5.83. The summed E-state index contributed by atoms with van der Waals surface area (Å²) in [6, 6.07) is 6.15. The Morgan fingerprint density at radius 2 is 2.05 bits per heavy atom. The predicted octanol–water partition coefficient (Wildman–Crippen LogP) is 1.79. The summed E-state index contributed by atoms with van der Waals surface area (Å²) < 4.78 is 5.14. The molecule has 1 aliphatic rings. The number of esters is 1. The number of aryl methyl sites for hydroxylation is 2. The van der Waals surface area contributed by atoms with Crippen LogP contribution in [-0.2, 0) is 33.6 Å². The van der Waals surface area contributed by atoms with E-state index in [2.05, 4.69) is 17.4 Å². The van der Waals surface area contributed by atoms with E-state index in [-0.39, 0.29) is 18.3 Å². The van der Waals surface area contributed by atoms with E-state index in [1.165, 1.54) is 17.5 Å². The Bertz CT molecular complexity index is 510. The second-order valence-electron chi connectivity index (χ2n) is 5.16. The molecule has 0 spiro atoms. The molecule has 0 saturated carbocycles. The van der Waals surface area contributed by atoms with Gasteiger partial charge in [-0.2, -0.15) is 0 Å². The Labute approximate surface area is 119 Å². The zero-order valence-electron chi connectivity index (χ0n) is 12.1. The summed E-state index contributed by atoms with van der Waals surface area (Å²) in [5.74, 6) is -0.614. The first kappa shape index (κ1) is 14.6. The highest BCUT2D eigenvalue weighted by Gasteiger charge is 2.18. The second kappa shape index (κ2) is 6.55. The van der Waals surface area contributed by atoms with Gasteiger partial charge in [0, 0.05) is 6.54 Å². The molecule has 1 atom stereocenters. The number of benzene rings is 1. The number of carbonyl (C=O) groups excluding carboxylic acids is 2. The van der Waals surface area contributed by atoms with Gasteiger partial charge in [-0.1, -0.05) is 18.2 Å². The first-order chi connectivity index (χ1) is 9.60. The summed E-state index contributed by atoms with van der Waals surface area (Å²) in [6.45, 7) is 3.95. The van der Waals surface area contributed by atoms with Crippen molar-refractivity contribution in [1.29, 1.82) is 0 Å². The van der Waals surface area contributed by atoms with Crippen LogP contribution < -0.4 is 5.32 Å². The van der Waals surface area contributed by atoms with Crippen molar-refractivity contribution in [2.24, 2.45) is 0 Å². The van der Waals surface area contributed by atoms with Crippen molar-refractivity contribution >= 4 is 11.9 Å². The fourth-order valence-corrected chi connectivity index (χ4v) is 2.51. The predicted molar refractivity (Wildman–Crippen MR) is 76.4 cm³/mol. The zero-order chi connectivity index (χ0) is 14.5. The van der Waals surface area contributed by atoms with Crippen LogP contribution in [0.25, 0.3) is 0 Å². The number of likely N-dealkylation sites (N-methyl/N-ethyl adjacent to an activating group) is 1. The Kier molecular flexibility index (Phi) is 4.77. The van der Waals surface area contributed by atoms with Crippen molar-refractivity contribution in [1.82, 2.24) is 5.32 Å². The molecule has 0 aromatic heterocycles. The summed E-state index contributed by atoms with van der Waals surface area (Å²) in [4.78, 5) is 23.3. The summed E-state index contributed by atoms with van der Waals surface area (Å²) in [6.07, 6.45) is 2.90. The molecule has 2 rings (SSSR count). The van der Waals surface area contributed by atoms with Gasteiger partial charge >= 0.3 is 5.97 Å². The van der Waals surface area contributed by atoms with Crippen LogP contribution in [-0.4, -0.2) is 24.5 Å². The number of ether oxygens (including phenoxy) is 1. The average molecular weight is 275 g/mol. The second-order valence-corrected chi connectivity index (χ2v) is 5.16. The van der Waals surface area contributed by atoms with E-state index in [1.54, 1.807) is 6.92 Å². The number of nitrogens with one attached hydrogen (secondary N) is 1. The van der Waals surface area contributed by atoms with Gasteiger partial charge in [-0.25, -0.2) is 0 Å². The molecular formula is C16H21NO3. The Morgan fingerprint density at radius 3 is 2.80 bits per heavy atom. The molecule has 0 bridgehead atoms. The lowest BCUT2D eigenvalue weighted by Gasteiger charge is -2.13. The van der Waals surface area contributed by atoms with Crippen molar-refractivity contribution in [2.45, 2.75) is 45.6 Å². The van der Waals surface area contributed by atoms with Gasteiger partial charge in [-0.3, -0.25) is 9.59 Å². The van der Waals surface area contributed by atoms with Gasteiger partial charge in [0.1, 0.15) is 0 Å². The van der Waals surface area contributed by atoms with Crippen molar-refractivity contribution < 1.29 is 14.3 Å². The third kappa shape index (κ3) is 3.59. The minimum atomic E-state index is -0.739. The van der Waals surface area contributed by atoms with Crippen LogP contribution in [0.5, 0.6) is 0 Å². The van der Waals surface area contributed by atoms with Crippen LogP contribution in [0.15, 0.2) is 18.2 Å². The van der Waals surface area contributed by atoms with E-state index in [4.69, 9.17) is 4.74 Å². The van der Waals surface area contributed by atoms with Crippen LogP contribution >= 0.6 is 0 Å². The van der Waals surface area contributed by atoms with E-state index in [0.29, 0.717) is 6.54 Å². The normalized spacial score (nSPS) is 14.5.